The SMILES string of the molecule is CN(CC1CCCC1)C(=O)Cc1ccc(S(=O)(=O)C(F)F)cc1. The molecule has 128 valence electrons. The van der Waals surface area contributed by atoms with E-state index in [1.54, 1.807) is 11.9 Å². The summed E-state index contributed by atoms with van der Waals surface area (Å²) in [5, 5.41) is 0. The average Bonchev–Trinajstić information content (AvgIpc) is 3.00. The highest BCUT2D eigenvalue weighted by Gasteiger charge is 2.26. The number of carbonyl (C=O) groups excluding carboxylic acids is 1. The van der Waals surface area contributed by atoms with Gasteiger partial charge in [-0.05, 0) is 36.5 Å². The summed E-state index contributed by atoms with van der Waals surface area (Å²) in [5.41, 5.74) is 0.612. The fraction of sp³-hybridized carbons (Fsp3) is 0.562. The van der Waals surface area contributed by atoms with E-state index in [2.05, 4.69) is 0 Å². The number of alkyl halides is 2. The average molecular weight is 345 g/mol. The van der Waals surface area contributed by atoms with Crippen molar-refractivity contribution in [2.75, 3.05) is 13.6 Å². The highest BCUT2D eigenvalue weighted by molar-refractivity contribution is 7.91. The fourth-order valence-electron chi connectivity index (χ4n) is 2.89. The summed E-state index contributed by atoms with van der Waals surface area (Å²) in [6.45, 7) is 0.733. The van der Waals surface area contributed by atoms with E-state index in [1.807, 2.05) is 0 Å². The van der Waals surface area contributed by atoms with Gasteiger partial charge >= 0.3 is 5.76 Å². The van der Waals surface area contributed by atoms with Crippen molar-refractivity contribution < 1.29 is 22.0 Å². The van der Waals surface area contributed by atoms with E-state index in [-0.39, 0.29) is 12.3 Å². The molecule has 4 nitrogen and oxygen atoms in total. The molecule has 23 heavy (non-hydrogen) atoms. The molecule has 1 aromatic rings. The van der Waals surface area contributed by atoms with Crippen molar-refractivity contribution in [3.63, 3.8) is 0 Å². The van der Waals surface area contributed by atoms with E-state index >= 15 is 0 Å². The number of halogens is 2. The van der Waals surface area contributed by atoms with E-state index < -0.39 is 20.5 Å². The Bertz CT molecular complexity index is 638. The topological polar surface area (TPSA) is 54.5 Å². The first-order chi connectivity index (χ1) is 10.8. The predicted molar refractivity (Wildman–Crippen MR) is 82.9 cm³/mol. The molecule has 0 heterocycles. The second-order valence-electron chi connectivity index (χ2n) is 6.05. The van der Waals surface area contributed by atoms with Gasteiger partial charge < -0.3 is 4.90 Å². The van der Waals surface area contributed by atoms with E-state index in [9.17, 15) is 22.0 Å². The van der Waals surface area contributed by atoms with Crippen molar-refractivity contribution in [1.29, 1.82) is 0 Å². The molecule has 0 atom stereocenters. The van der Waals surface area contributed by atoms with E-state index in [4.69, 9.17) is 0 Å². The van der Waals surface area contributed by atoms with Crippen LogP contribution in [0, 0.1) is 5.92 Å². The van der Waals surface area contributed by atoms with Gasteiger partial charge in [-0.1, -0.05) is 25.0 Å². The summed E-state index contributed by atoms with van der Waals surface area (Å²) in [7, 11) is -2.82. The largest absolute Gasteiger partial charge is 0.345 e. The van der Waals surface area contributed by atoms with Crippen LogP contribution in [-0.4, -0.2) is 38.6 Å². The van der Waals surface area contributed by atoms with E-state index in [0.29, 0.717) is 11.5 Å². The minimum atomic E-state index is -4.58. The maximum absolute atomic E-state index is 12.5. The Labute approximate surface area is 135 Å². The Morgan fingerprint density at radius 2 is 1.78 bits per heavy atom. The summed E-state index contributed by atoms with van der Waals surface area (Å²) >= 11 is 0. The lowest BCUT2D eigenvalue weighted by molar-refractivity contribution is -0.129. The van der Waals surface area contributed by atoms with Crippen molar-refractivity contribution in [2.24, 2.45) is 5.92 Å². The van der Waals surface area contributed by atoms with Gasteiger partial charge in [-0.3, -0.25) is 4.79 Å². The Hall–Kier alpha value is -1.50. The molecule has 1 aliphatic carbocycles. The molecule has 0 aliphatic heterocycles. The predicted octanol–water partition coefficient (Wildman–Crippen LogP) is 2.87. The molecular weight excluding hydrogens is 324 g/mol. The summed E-state index contributed by atoms with van der Waals surface area (Å²) in [6, 6.07) is 5.08. The Morgan fingerprint density at radius 3 is 2.30 bits per heavy atom. The van der Waals surface area contributed by atoms with Crippen LogP contribution in [0.3, 0.4) is 0 Å². The van der Waals surface area contributed by atoms with Crippen LogP contribution >= 0.6 is 0 Å². The number of benzene rings is 1. The van der Waals surface area contributed by atoms with E-state index in [1.165, 1.54) is 25.0 Å². The van der Waals surface area contributed by atoms with Crippen molar-refractivity contribution >= 4 is 15.7 Å². The lowest BCUT2D eigenvalue weighted by atomic mass is 10.1. The Balaban J connectivity index is 1.96. The first-order valence-electron chi connectivity index (χ1n) is 7.65. The molecule has 2 rings (SSSR count). The van der Waals surface area contributed by atoms with Crippen LogP contribution in [-0.2, 0) is 21.1 Å². The highest BCUT2D eigenvalue weighted by Crippen LogP contribution is 2.25. The lowest BCUT2D eigenvalue weighted by Crippen LogP contribution is -2.32. The van der Waals surface area contributed by atoms with Gasteiger partial charge in [-0.15, -0.1) is 0 Å². The van der Waals surface area contributed by atoms with Crippen molar-refractivity contribution in [1.82, 2.24) is 4.90 Å². The zero-order valence-corrected chi connectivity index (χ0v) is 13.9. The van der Waals surface area contributed by atoms with Crippen molar-refractivity contribution in [3.8, 4) is 0 Å². The molecule has 1 amide bonds. The van der Waals surface area contributed by atoms with Gasteiger partial charge in [0.15, 0.2) is 0 Å². The third-order valence-corrected chi connectivity index (χ3v) is 5.67. The van der Waals surface area contributed by atoms with Crippen LogP contribution in [0.5, 0.6) is 0 Å². The molecule has 0 radical (unpaired) electrons. The lowest BCUT2D eigenvalue weighted by Gasteiger charge is -2.21. The third kappa shape index (κ3) is 4.50. The second kappa shape index (κ2) is 7.38. The smallest absolute Gasteiger partial charge is 0.341 e. The first kappa shape index (κ1) is 17.8. The van der Waals surface area contributed by atoms with Crippen molar-refractivity contribution in [3.05, 3.63) is 29.8 Å². The summed E-state index contributed by atoms with van der Waals surface area (Å²) < 4.78 is 47.6. The molecule has 0 saturated heterocycles. The molecule has 0 spiro atoms. The van der Waals surface area contributed by atoms with Gasteiger partial charge in [-0.25, -0.2) is 8.42 Å². The van der Waals surface area contributed by atoms with Crippen LogP contribution in [0.15, 0.2) is 29.2 Å². The second-order valence-corrected chi connectivity index (χ2v) is 7.97. The molecule has 1 saturated carbocycles. The first-order valence-corrected chi connectivity index (χ1v) is 9.20. The minimum absolute atomic E-state index is 0.0543. The Kier molecular flexibility index (Phi) is 5.73. The number of amides is 1. The number of nitrogens with zero attached hydrogens (tertiary/aromatic N) is 1. The minimum Gasteiger partial charge on any atom is -0.345 e. The Morgan fingerprint density at radius 1 is 1.22 bits per heavy atom. The van der Waals surface area contributed by atoms with Gasteiger partial charge in [0, 0.05) is 13.6 Å². The number of carbonyl (C=O) groups is 1. The number of hydrogen-bond donors (Lipinski definition) is 0. The third-order valence-electron chi connectivity index (χ3n) is 4.27. The molecule has 1 fully saturated rings. The molecular formula is C16H21F2NO3S. The van der Waals surface area contributed by atoms with Gasteiger partial charge in [0.2, 0.25) is 15.7 Å². The summed E-state index contributed by atoms with van der Waals surface area (Å²) in [6.07, 6.45) is 4.87. The van der Waals surface area contributed by atoms with Crippen LogP contribution in [0.4, 0.5) is 8.78 Å². The molecule has 0 aromatic heterocycles. The fourth-order valence-corrected chi connectivity index (χ4v) is 3.61. The number of rotatable bonds is 6. The number of sulfone groups is 1. The zero-order valence-electron chi connectivity index (χ0n) is 13.0. The normalized spacial score (nSPS) is 16.0. The quantitative estimate of drug-likeness (QED) is 0.797. The zero-order chi connectivity index (χ0) is 17.0. The maximum Gasteiger partial charge on any atom is 0.341 e. The summed E-state index contributed by atoms with van der Waals surface area (Å²) in [4.78, 5) is 13.4. The number of hydrogen-bond acceptors (Lipinski definition) is 3. The molecule has 1 aliphatic rings. The van der Waals surface area contributed by atoms with Crippen LogP contribution in [0.25, 0.3) is 0 Å². The van der Waals surface area contributed by atoms with Crippen LogP contribution < -0.4 is 0 Å². The molecule has 0 N–H and O–H groups in total. The standard InChI is InChI=1S/C16H21F2NO3S/c1-19(11-13-4-2-3-5-13)15(20)10-12-6-8-14(9-7-12)23(21,22)16(17)18/h6-9,13,16H,2-5,10-11H2,1H3. The summed E-state index contributed by atoms with van der Waals surface area (Å²) in [5.74, 6) is -2.93. The number of likely N-dealkylation sites (N-methyl/N-ethyl adjacent to an activating group) is 1. The van der Waals surface area contributed by atoms with Gasteiger partial charge in [0.25, 0.3) is 0 Å². The molecule has 7 heteroatoms. The van der Waals surface area contributed by atoms with Crippen molar-refractivity contribution in [2.45, 2.75) is 42.8 Å². The monoisotopic (exact) mass is 345 g/mol. The van der Waals surface area contributed by atoms with Gasteiger partial charge in [0.1, 0.15) is 0 Å². The molecule has 0 unspecified atom stereocenters. The molecule has 0 bridgehead atoms. The van der Waals surface area contributed by atoms with Crippen LogP contribution in [0.1, 0.15) is 31.2 Å². The highest BCUT2D eigenvalue weighted by atomic mass is 32.2. The van der Waals surface area contributed by atoms with E-state index in [0.717, 1.165) is 31.5 Å². The molecule has 1 aromatic carbocycles. The van der Waals surface area contributed by atoms with Crippen LogP contribution in [0.2, 0.25) is 0 Å². The maximum atomic E-state index is 12.5. The van der Waals surface area contributed by atoms with Gasteiger partial charge in [-0.2, -0.15) is 8.78 Å². The van der Waals surface area contributed by atoms with Gasteiger partial charge in [0.05, 0.1) is 11.3 Å².